The lowest BCUT2D eigenvalue weighted by Crippen LogP contribution is -2.29. The van der Waals surface area contributed by atoms with Crippen molar-refractivity contribution in [2.45, 2.75) is 50.1 Å². The summed E-state index contributed by atoms with van der Waals surface area (Å²) in [5.74, 6) is 1.38. The molecule has 1 amide bonds. The molecule has 1 aliphatic rings. The van der Waals surface area contributed by atoms with Crippen molar-refractivity contribution in [3.63, 3.8) is 0 Å². The second-order valence-corrected chi connectivity index (χ2v) is 8.45. The van der Waals surface area contributed by atoms with Crippen LogP contribution in [0.1, 0.15) is 54.2 Å². The number of sulfone groups is 1. The van der Waals surface area contributed by atoms with Gasteiger partial charge in [-0.05, 0) is 38.0 Å². The van der Waals surface area contributed by atoms with Crippen LogP contribution in [-0.2, 0) is 22.8 Å². The van der Waals surface area contributed by atoms with Gasteiger partial charge in [0.1, 0.15) is 5.82 Å². The number of carbonyl (C=O) groups excluding carboxylic acids is 1. The van der Waals surface area contributed by atoms with Crippen LogP contribution in [0.25, 0.3) is 0 Å². The Kier molecular flexibility index (Phi) is 4.89. The zero-order chi connectivity index (χ0) is 18.0. The van der Waals surface area contributed by atoms with Gasteiger partial charge in [0.25, 0.3) is 5.91 Å². The lowest BCUT2D eigenvalue weighted by molar-refractivity contribution is 0.0937. The first kappa shape index (κ1) is 17.6. The van der Waals surface area contributed by atoms with Gasteiger partial charge in [-0.3, -0.25) is 4.79 Å². The Bertz CT molecular complexity index is 889. The maximum atomic E-state index is 12.5. The molecule has 0 radical (unpaired) electrons. The van der Waals surface area contributed by atoms with Gasteiger partial charge in [-0.2, -0.15) is 0 Å². The Morgan fingerprint density at radius 3 is 2.80 bits per heavy atom. The second-order valence-electron chi connectivity index (χ2n) is 6.43. The second kappa shape index (κ2) is 6.95. The normalized spacial score (nSPS) is 15.9. The Labute approximate surface area is 147 Å². The molecule has 0 aliphatic carbocycles. The standard InChI is InChI=1S/C17H22N4O3S/c1-12(16-20-19-15-9-4-3-5-10-21(15)16)18-17(22)13-7-6-8-14(11-13)25(2,23)24/h6-8,11-12H,3-5,9-10H2,1-2H3,(H,18,22). The van der Waals surface area contributed by atoms with E-state index in [1.165, 1.54) is 18.6 Å². The molecule has 0 bridgehead atoms. The molecule has 0 spiro atoms. The van der Waals surface area contributed by atoms with Crippen LogP contribution >= 0.6 is 0 Å². The molecule has 1 N–H and O–H groups in total. The minimum Gasteiger partial charge on any atom is -0.342 e. The highest BCUT2D eigenvalue weighted by molar-refractivity contribution is 7.90. The smallest absolute Gasteiger partial charge is 0.251 e. The van der Waals surface area contributed by atoms with Gasteiger partial charge in [-0.1, -0.05) is 12.5 Å². The number of benzene rings is 1. The molecule has 1 unspecified atom stereocenters. The average Bonchev–Trinajstić information content (AvgIpc) is 2.83. The fourth-order valence-corrected chi connectivity index (χ4v) is 3.71. The fourth-order valence-electron chi connectivity index (χ4n) is 3.04. The summed E-state index contributed by atoms with van der Waals surface area (Å²) in [6, 6.07) is 5.73. The third kappa shape index (κ3) is 3.89. The predicted octanol–water partition coefficient (Wildman–Crippen LogP) is 1.90. The number of rotatable bonds is 4. The summed E-state index contributed by atoms with van der Waals surface area (Å²) in [4.78, 5) is 12.6. The van der Waals surface area contributed by atoms with E-state index >= 15 is 0 Å². The molecule has 0 saturated carbocycles. The number of fused-ring (bicyclic) bond motifs is 1. The molecule has 8 heteroatoms. The Morgan fingerprint density at radius 1 is 1.24 bits per heavy atom. The van der Waals surface area contributed by atoms with Crippen LogP contribution in [0.4, 0.5) is 0 Å². The molecule has 25 heavy (non-hydrogen) atoms. The van der Waals surface area contributed by atoms with Crippen LogP contribution in [0, 0.1) is 0 Å². The summed E-state index contributed by atoms with van der Waals surface area (Å²) in [6.45, 7) is 2.72. The van der Waals surface area contributed by atoms with Crippen molar-refractivity contribution in [1.29, 1.82) is 0 Å². The van der Waals surface area contributed by atoms with Gasteiger partial charge in [0.2, 0.25) is 0 Å². The number of carbonyl (C=O) groups is 1. The van der Waals surface area contributed by atoms with Crippen LogP contribution in [0.5, 0.6) is 0 Å². The number of nitrogens with one attached hydrogen (secondary N) is 1. The topological polar surface area (TPSA) is 93.9 Å². The van der Waals surface area contributed by atoms with E-state index in [-0.39, 0.29) is 16.8 Å². The summed E-state index contributed by atoms with van der Waals surface area (Å²) in [7, 11) is -3.35. The largest absolute Gasteiger partial charge is 0.342 e. The van der Waals surface area contributed by atoms with Crippen molar-refractivity contribution >= 4 is 15.7 Å². The summed E-state index contributed by atoms with van der Waals surface area (Å²) in [5, 5.41) is 11.4. The van der Waals surface area contributed by atoms with Gasteiger partial charge in [-0.15, -0.1) is 10.2 Å². The molecule has 2 heterocycles. The van der Waals surface area contributed by atoms with Crippen molar-refractivity contribution in [1.82, 2.24) is 20.1 Å². The molecule has 1 atom stereocenters. The quantitative estimate of drug-likeness (QED) is 0.896. The third-order valence-corrected chi connectivity index (χ3v) is 5.51. The molecule has 134 valence electrons. The van der Waals surface area contributed by atoms with Crippen LogP contribution in [-0.4, -0.2) is 35.3 Å². The fraction of sp³-hybridized carbons (Fsp3) is 0.471. The SMILES string of the molecule is CC(NC(=O)c1cccc(S(C)(=O)=O)c1)c1nnc2n1CCCCC2. The van der Waals surface area contributed by atoms with E-state index in [2.05, 4.69) is 20.1 Å². The van der Waals surface area contributed by atoms with E-state index in [1.54, 1.807) is 12.1 Å². The molecular weight excluding hydrogens is 340 g/mol. The summed E-state index contributed by atoms with van der Waals surface area (Å²) >= 11 is 0. The zero-order valence-corrected chi connectivity index (χ0v) is 15.2. The number of aryl methyl sites for hydroxylation is 1. The first-order valence-electron chi connectivity index (χ1n) is 8.39. The molecule has 2 aromatic rings. The van der Waals surface area contributed by atoms with Crippen LogP contribution in [0.3, 0.4) is 0 Å². The molecule has 3 rings (SSSR count). The maximum Gasteiger partial charge on any atom is 0.251 e. The van der Waals surface area contributed by atoms with Crippen molar-refractivity contribution in [2.24, 2.45) is 0 Å². The highest BCUT2D eigenvalue weighted by Gasteiger charge is 2.21. The van der Waals surface area contributed by atoms with E-state index < -0.39 is 9.84 Å². The highest BCUT2D eigenvalue weighted by Crippen LogP contribution is 2.19. The van der Waals surface area contributed by atoms with Crippen molar-refractivity contribution in [3.8, 4) is 0 Å². The van der Waals surface area contributed by atoms with Crippen LogP contribution in [0.15, 0.2) is 29.2 Å². The molecule has 1 aliphatic heterocycles. The van der Waals surface area contributed by atoms with Crippen molar-refractivity contribution in [3.05, 3.63) is 41.5 Å². The zero-order valence-electron chi connectivity index (χ0n) is 14.4. The molecule has 1 aromatic heterocycles. The predicted molar refractivity (Wildman–Crippen MR) is 93.0 cm³/mol. The number of amides is 1. The van der Waals surface area contributed by atoms with Crippen molar-refractivity contribution in [2.75, 3.05) is 6.26 Å². The Hall–Kier alpha value is -2.22. The summed E-state index contributed by atoms with van der Waals surface area (Å²) in [6.07, 6.45) is 5.39. The van der Waals surface area contributed by atoms with E-state index in [0.717, 1.165) is 43.7 Å². The minimum absolute atomic E-state index is 0.129. The van der Waals surface area contributed by atoms with E-state index in [4.69, 9.17) is 0 Å². The molecule has 1 aromatic carbocycles. The van der Waals surface area contributed by atoms with E-state index in [1.807, 2.05) is 6.92 Å². The maximum absolute atomic E-state index is 12.5. The Balaban J connectivity index is 1.79. The Morgan fingerprint density at radius 2 is 2.04 bits per heavy atom. The molecule has 7 nitrogen and oxygen atoms in total. The van der Waals surface area contributed by atoms with Gasteiger partial charge in [0.15, 0.2) is 15.7 Å². The van der Waals surface area contributed by atoms with E-state index in [9.17, 15) is 13.2 Å². The third-order valence-electron chi connectivity index (χ3n) is 4.40. The van der Waals surface area contributed by atoms with Gasteiger partial charge in [0, 0.05) is 24.8 Å². The summed E-state index contributed by atoms with van der Waals surface area (Å²) < 4.78 is 25.4. The first-order chi connectivity index (χ1) is 11.9. The van der Waals surface area contributed by atoms with Crippen LogP contribution < -0.4 is 5.32 Å². The van der Waals surface area contributed by atoms with Gasteiger partial charge in [0.05, 0.1) is 10.9 Å². The van der Waals surface area contributed by atoms with E-state index in [0.29, 0.717) is 5.56 Å². The average molecular weight is 362 g/mol. The van der Waals surface area contributed by atoms with Gasteiger partial charge in [-0.25, -0.2) is 8.42 Å². The number of hydrogen-bond donors (Lipinski definition) is 1. The summed E-state index contributed by atoms with van der Waals surface area (Å²) in [5.41, 5.74) is 0.311. The van der Waals surface area contributed by atoms with Gasteiger partial charge >= 0.3 is 0 Å². The highest BCUT2D eigenvalue weighted by atomic mass is 32.2. The lowest BCUT2D eigenvalue weighted by Gasteiger charge is -2.15. The van der Waals surface area contributed by atoms with Gasteiger partial charge < -0.3 is 9.88 Å². The molecule has 0 fully saturated rings. The molecule has 0 saturated heterocycles. The molecular formula is C17H22N4O3S. The number of nitrogens with zero attached hydrogens (tertiary/aromatic N) is 3. The monoisotopic (exact) mass is 362 g/mol. The number of aromatic nitrogens is 3. The van der Waals surface area contributed by atoms with Crippen molar-refractivity contribution < 1.29 is 13.2 Å². The van der Waals surface area contributed by atoms with Crippen LogP contribution in [0.2, 0.25) is 0 Å². The first-order valence-corrected chi connectivity index (χ1v) is 10.3. The number of hydrogen-bond acceptors (Lipinski definition) is 5. The lowest BCUT2D eigenvalue weighted by atomic mass is 10.2. The minimum atomic E-state index is -3.35.